The monoisotopic (exact) mass is 335 g/mol. The van der Waals surface area contributed by atoms with E-state index in [0.717, 1.165) is 10.6 Å². The van der Waals surface area contributed by atoms with Crippen LogP contribution in [0, 0.1) is 6.92 Å². The molecule has 2 aromatic carbocycles. The number of fused-ring (bicyclic) bond motifs is 1. The van der Waals surface area contributed by atoms with Gasteiger partial charge in [0.15, 0.2) is 5.69 Å². The summed E-state index contributed by atoms with van der Waals surface area (Å²) in [6.45, 7) is 1.78. The zero-order valence-corrected chi connectivity index (χ0v) is 13.7. The van der Waals surface area contributed by atoms with Crippen molar-refractivity contribution in [1.82, 2.24) is 14.6 Å². The van der Waals surface area contributed by atoms with Crippen molar-refractivity contribution in [2.75, 3.05) is 0 Å². The number of aromatic nitrogens is 3. The van der Waals surface area contributed by atoms with Gasteiger partial charge in [-0.3, -0.25) is 0 Å². The van der Waals surface area contributed by atoms with E-state index >= 15 is 0 Å². The summed E-state index contributed by atoms with van der Waals surface area (Å²) in [6.07, 6.45) is 0. The van der Waals surface area contributed by atoms with Gasteiger partial charge in [-0.2, -0.15) is 9.61 Å². The number of rotatable bonds is 3. The summed E-state index contributed by atoms with van der Waals surface area (Å²) in [4.78, 5) is 17.7. The fourth-order valence-electron chi connectivity index (χ4n) is 2.42. The molecule has 0 unspecified atom stereocenters. The molecule has 0 spiro atoms. The average molecular weight is 335 g/mol. The second-order valence-electron chi connectivity index (χ2n) is 5.22. The molecular weight excluding hydrogens is 322 g/mol. The number of hydrogen-bond acceptors (Lipinski definition) is 5. The highest BCUT2D eigenvalue weighted by Gasteiger charge is 2.22. The largest absolute Gasteiger partial charge is 0.422 e. The number of para-hydroxylation sites is 1. The van der Waals surface area contributed by atoms with Gasteiger partial charge in [0.2, 0.25) is 4.96 Å². The number of carbonyl (C=O) groups is 1. The first-order valence-corrected chi connectivity index (χ1v) is 8.23. The third kappa shape index (κ3) is 2.57. The van der Waals surface area contributed by atoms with Crippen molar-refractivity contribution in [3.05, 3.63) is 72.1 Å². The lowest BCUT2D eigenvalue weighted by Crippen LogP contribution is -2.13. The fraction of sp³-hybridized carbons (Fsp3) is 0.0556. The maximum Gasteiger partial charge on any atom is 0.364 e. The molecule has 6 heteroatoms. The maximum absolute atomic E-state index is 12.5. The fourth-order valence-corrected chi connectivity index (χ4v) is 3.38. The van der Waals surface area contributed by atoms with E-state index in [4.69, 9.17) is 4.74 Å². The summed E-state index contributed by atoms with van der Waals surface area (Å²) >= 11 is 1.44. The number of benzene rings is 2. The molecule has 0 fully saturated rings. The van der Waals surface area contributed by atoms with Crippen LogP contribution in [0.1, 0.15) is 16.2 Å². The van der Waals surface area contributed by atoms with E-state index < -0.39 is 5.97 Å². The van der Waals surface area contributed by atoms with E-state index in [1.165, 1.54) is 11.3 Å². The number of hydrogen-bond donors (Lipinski definition) is 0. The Bertz CT molecular complexity index is 1010. The van der Waals surface area contributed by atoms with Gasteiger partial charge in [-0.15, -0.1) is 0 Å². The predicted molar refractivity (Wildman–Crippen MR) is 92.4 cm³/mol. The molecule has 0 bridgehead atoms. The number of aryl methyl sites for hydroxylation is 1. The Balaban J connectivity index is 1.73. The molecule has 0 radical (unpaired) electrons. The number of ether oxygens (including phenoxy) is 1. The highest BCUT2D eigenvalue weighted by Crippen LogP contribution is 2.27. The summed E-state index contributed by atoms with van der Waals surface area (Å²) in [6, 6.07) is 18.8. The van der Waals surface area contributed by atoms with Crippen molar-refractivity contribution >= 4 is 22.3 Å². The van der Waals surface area contributed by atoms with Gasteiger partial charge in [0.05, 0.1) is 5.69 Å². The molecule has 4 rings (SSSR count). The second-order valence-corrected chi connectivity index (χ2v) is 6.17. The molecule has 118 valence electrons. The molecule has 0 amide bonds. The van der Waals surface area contributed by atoms with Crippen molar-refractivity contribution in [3.8, 4) is 16.3 Å². The van der Waals surface area contributed by atoms with E-state index in [-0.39, 0.29) is 0 Å². The van der Waals surface area contributed by atoms with Crippen molar-refractivity contribution in [1.29, 1.82) is 0 Å². The minimum atomic E-state index is -0.462. The third-order valence-electron chi connectivity index (χ3n) is 3.55. The van der Waals surface area contributed by atoms with Crippen LogP contribution in [-0.2, 0) is 0 Å². The van der Waals surface area contributed by atoms with Gasteiger partial charge in [-0.1, -0.05) is 59.9 Å². The van der Waals surface area contributed by atoms with Gasteiger partial charge in [0.1, 0.15) is 10.8 Å². The van der Waals surface area contributed by atoms with E-state index in [2.05, 4.69) is 10.1 Å². The first-order valence-electron chi connectivity index (χ1n) is 7.41. The van der Waals surface area contributed by atoms with Crippen LogP contribution >= 0.6 is 11.3 Å². The van der Waals surface area contributed by atoms with Crippen LogP contribution in [0.2, 0.25) is 0 Å². The van der Waals surface area contributed by atoms with E-state index in [1.807, 2.05) is 48.5 Å². The van der Waals surface area contributed by atoms with E-state index in [9.17, 15) is 4.79 Å². The van der Waals surface area contributed by atoms with E-state index in [1.54, 1.807) is 23.6 Å². The topological polar surface area (TPSA) is 56.5 Å². The Kier molecular flexibility index (Phi) is 3.59. The SMILES string of the molecule is Cc1nc2sc(-c3ccccc3)nn2c1C(=O)Oc1ccccc1. The summed E-state index contributed by atoms with van der Waals surface area (Å²) in [5.74, 6) is 0.0338. The zero-order valence-electron chi connectivity index (χ0n) is 12.8. The molecule has 0 N–H and O–H groups in total. The highest BCUT2D eigenvalue weighted by molar-refractivity contribution is 7.19. The normalized spacial score (nSPS) is 10.9. The Hall–Kier alpha value is -2.99. The van der Waals surface area contributed by atoms with Crippen LogP contribution in [0.25, 0.3) is 15.5 Å². The van der Waals surface area contributed by atoms with Crippen molar-refractivity contribution in [2.24, 2.45) is 0 Å². The minimum Gasteiger partial charge on any atom is -0.422 e. The first kappa shape index (κ1) is 14.6. The minimum absolute atomic E-state index is 0.354. The molecule has 0 aliphatic rings. The van der Waals surface area contributed by atoms with Gasteiger partial charge in [0, 0.05) is 5.56 Å². The summed E-state index contributed by atoms with van der Waals surface area (Å²) in [5.41, 5.74) is 1.95. The lowest BCUT2D eigenvalue weighted by atomic mass is 10.2. The summed E-state index contributed by atoms with van der Waals surface area (Å²) in [5, 5.41) is 5.35. The Morgan fingerprint density at radius 2 is 1.71 bits per heavy atom. The summed E-state index contributed by atoms with van der Waals surface area (Å²) in [7, 11) is 0. The van der Waals surface area contributed by atoms with Gasteiger partial charge in [-0.05, 0) is 19.1 Å². The quantitative estimate of drug-likeness (QED) is 0.420. The lowest BCUT2D eigenvalue weighted by molar-refractivity contribution is 0.0725. The van der Waals surface area contributed by atoms with Crippen molar-refractivity contribution in [3.63, 3.8) is 0 Å². The Morgan fingerprint density at radius 1 is 1.04 bits per heavy atom. The van der Waals surface area contributed by atoms with Crippen LogP contribution in [0.3, 0.4) is 0 Å². The third-order valence-corrected chi connectivity index (χ3v) is 4.50. The average Bonchev–Trinajstić information content (AvgIpc) is 3.13. The smallest absolute Gasteiger partial charge is 0.364 e. The van der Waals surface area contributed by atoms with Crippen LogP contribution in [-0.4, -0.2) is 20.6 Å². The predicted octanol–water partition coefficient (Wildman–Crippen LogP) is 3.99. The molecule has 2 heterocycles. The van der Waals surface area contributed by atoms with Gasteiger partial charge in [-0.25, -0.2) is 9.78 Å². The maximum atomic E-state index is 12.5. The van der Waals surface area contributed by atoms with Gasteiger partial charge in [0.25, 0.3) is 0 Å². The van der Waals surface area contributed by atoms with E-state index in [0.29, 0.717) is 22.1 Å². The first-order chi connectivity index (χ1) is 11.7. The standard InChI is InChI=1S/C18H13N3O2S/c1-12-15(17(22)23-14-10-6-3-7-11-14)21-18(19-12)24-16(20-21)13-8-4-2-5-9-13/h2-11H,1H3. The van der Waals surface area contributed by atoms with Crippen LogP contribution in [0.5, 0.6) is 5.75 Å². The number of esters is 1. The summed E-state index contributed by atoms with van der Waals surface area (Å²) < 4.78 is 6.99. The molecule has 4 aromatic rings. The van der Waals surface area contributed by atoms with Crippen molar-refractivity contribution < 1.29 is 9.53 Å². The van der Waals surface area contributed by atoms with Gasteiger partial charge >= 0.3 is 5.97 Å². The zero-order chi connectivity index (χ0) is 16.5. The molecule has 0 saturated heterocycles. The number of nitrogens with zero attached hydrogens (tertiary/aromatic N) is 3. The molecule has 0 atom stereocenters. The molecule has 5 nitrogen and oxygen atoms in total. The lowest BCUT2D eigenvalue weighted by Gasteiger charge is -2.03. The van der Waals surface area contributed by atoms with Crippen LogP contribution in [0.4, 0.5) is 0 Å². The molecule has 0 saturated carbocycles. The molecular formula is C18H13N3O2S. The molecule has 0 aliphatic carbocycles. The highest BCUT2D eigenvalue weighted by atomic mass is 32.1. The molecule has 2 aromatic heterocycles. The second kappa shape index (κ2) is 5.90. The Labute approximate surface area is 142 Å². The van der Waals surface area contributed by atoms with Crippen molar-refractivity contribution in [2.45, 2.75) is 6.92 Å². The Morgan fingerprint density at radius 3 is 2.42 bits per heavy atom. The van der Waals surface area contributed by atoms with Crippen LogP contribution in [0.15, 0.2) is 60.7 Å². The van der Waals surface area contributed by atoms with Crippen LogP contribution < -0.4 is 4.74 Å². The number of imidazole rings is 1. The number of carbonyl (C=O) groups excluding carboxylic acids is 1. The molecule has 0 aliphatic heterocycles. The van der Waals surface area contributed by atoms with Gasteiger partial charge < -0.3 is 4.74 Å². The molecule has 24 heavy (non-hydrogen) atoms.